The van der Waals surface area contributed by atoms with Gasteiger partial charge in [-0.15, -0.1) is 0 Å². The molecule has 1 aliphatic rings. The van der Waals surface area contributed by atoms with Crippen LogP contribution in [0.5, 0.6) is 5.75 Å². The number of aromatic hydroxyl groups is 1. The second kappa shape index (κ2) is 7.73. The SMILES string of the molecule is CCCCC1(C(C)(C)C)CCC1C.Cc1ccc(O)c(C)c1C. The van der Waals surface area contributed by atoms with Gasteiger partial charge in [-0.3, -0.25) is 0 Å². The highest BCUT2D eigenvalue weighted by Gasteiger charge is 2.50. The smallest absolute Gasteiger partial charge is 0.118 e. The van der Waals surface area contributed by atoms with Gasteiger partial charge in [0.05, 0.1) is 0 Å². The van der Waals surface area contributed by atoms with Crippen LogP contribution in [0, 0.1) is 37.5 Å². The normalized spacial score (nSPS) is 23.7. The van der Waals surface area contributed by atoms with Crippen molar-refractivity contribution in [1.82, 2.24) is 0 Å². The second-order valence-electron chi connectivity index (χ2n) is 8.60. The van der Waals surface area contributed by atoms with Crippen LogP contribution in [0.2, 0.25) is 0 Å². The molecule has 0 aliphatic heterocycles. The summed E-state index contributed by atoms with van der Waals surface area (Å²) in [6, 6.07) is 3.66. The van der Waals surface area contributed by atoms with Crippen molar-refractivity contribution in [2.75, 3.05) is 0 Å². The summed E-state index contributed by atoms with van der Waals surface area (Å²) >= 11 is 0. The lowest BCUT2D eigenvalue weighted by molar-refractivity contribution is -0.0735. The fraction of sp³-hybridized carbons (Fsp3) is 0.727. The largest absolute Gasteiger partial charge is 0.508 e. The van der Waals surface area contributed by atoms with Gasteiger partial charge in [-0.2, -0.15) is 0 Å². The van der Waals surface area contributed by atoms with E-state index >= 15 is 0 Å². The maximum atomic E-state index is 9.22. The van der Waals surface area contributed by atoms with E-state index in [0.717, 1.165) is 11.5 Å². The average molecular weight is 319 g/mol. The predicted octanol–water partition coefficient (Wildman–Crippen LogP) is 6.96. The molecule has 0 bridgehead atoms. The van der Waals surface area contributed by atoms with E-state index in [2.05, 4.69) is 34.6 Å². The summed E-state index contributed by atoms with van der Waals surface area (Å²) in [6.07, 6.45) is 7.15. The summed E-state index contributed by atoms with van der Waals surface area (Å²) in [6.45, 7) is 18.0. The Labute approximate surface area is 144 Å². The molecule has 0 saturated heterocycles. The standard InChI is InChI=1S/C13H26.C9H12O/c1-6-7-9-13(12(3,4)5)10-8-11(13)2;1-6-4-5-9(10)8(3)7(6)2/h11H,6-10H2,1-5H3;4-5,10H,1-3H3. The van der Waals surface area contributed by atoms with Crippen LogP contribution in [0.1, 0.15) is 83.4 Å². The fourth-order valence-corrected chi connectivity index (χ4v) is 4.08. The van der Waals surface area contributed by atoms with Crippen LogP contribution >= 0.6 is 0 Å². The molecule has 0 spiro atoms. The van der Waals surface area contributed by atoms with Gasteiger partial charge in [0.15, 0.2) is 0 Å². The highest BCUT2D eigenvalue weighted by atomic mass is 16.3. The summed E-state index contributed by atoms with van der Waals surface area (Å²) in [7, 11) is 0. The van der Waals surface area contributed by atoms with Crippen molar-refractivity contribution < 1.29 is 5.11 Å². The van der Waals surface area contributed by atoms with Gasteiger partial charge in [-0.1, -0.05) is 53.5 Å². The van der Waals surface area contributed by atoms with Gasteiger partial charge in [0, 0.05) is 0 Å². The van der Waals surface area contributed by atoms with Crippen LogP contribution in [0.25, 0.3) is 0 Å². The zero-order chi connectivity index (χ0) is 17.8. The number of aryl methyl sites for hydroxylation is 1. The van der Waals surface area contributed by atoms with Crippen LogP contribution in [0.3, 0.4) is 0 Å². The number of hydrogen-bond donors (Lipinski definition) is 1. The van der Waals surface area contributed by atoms with E-state index in [1.165, 1.54) is 43.2 Å². The minimum atomic E-state index is 0.392. The van der Waals surface area contributed by atoms with Crippen LogP contribution < -0.4 is 0 Å². The number of phenolic OH excluding ortho intramolecular Hbond substituents is 1. The van der Waals surface area contributed by atoms with Crippen molar-refractivity contribution in [3.8, 4) is 5.75 Å². The summed E-state index contributed by atoms with van der Waals surface area (Å²) < 4.78 is 0. The molecule has 23 heavy (non-hydrogen) atoms. The van der Waals surface area contributed by atoms with E-state index in [9.17, 15) is 5.11 Å². The molecule has 1 aromatic rings. The third-order valence-corrected chi connectivity index (χ3v) is 6.47. The number of benzene rings is 1. The van der Waals surface area contributed by atoms with E-state index in [4.69, 9.17) is 0 Å². The van der Waals surface area contributed by atoms with Crippen molar-refractivity contribution in [1.29, 1.82) is 0 Å². The second-order valence-corrected chi connectivity index (χ2v) is 8.60. The van der Waals surface area contributed by atoms with Crippen molar-refractivity contribution in [3.05, 3.63) is 28.8 Å². The molecule has 1 N–H and O–H groups in total. The molecule has 132 valence electrons. The Morgan fingerprint density at radius 1 is 1.13 bits per heavy atom. The van der Waals surface area contributed by atoms with Gasteiger partial charge in [-0.05, 0) is 79.5 Å². The Bertz CT molecular complexity index is 482. The average Bonchev–Trinajstić information content (AvgIpc) is 2.47. The van der Waals surface area contributed by atoms with Gasteiger partial charge in [0.1, 0.15) is 5.75 Å². The van der Waals surface area contributed by atoms with E-state index in [0.29, 0.717) is 16.6 Å². The van der Waals surface area contributed by atoms with E-state index in [-0.39, 0.29) is 0 Å². The number of unbranched alkanes of at least 4 members (excludes halogenated alkanes) is 1. The highest BCUT2D eigenvalue weighted by molar-refractivity contribution is 5.41. The molecule has 0 aromatic heterocycles. The maximum Gasteiger partial charge on any atom is 0.118 e. The quantitative estimate of drug-likeness (QED) is 0.639. The first-order valence-corrected chi connectivity index (χ1v) is 9.32. The molecule has 1 aromatic carbocycles. The lowest BCUT2D eigenvalue weighted by Crippen LogP contribution is -2.48. The summed E-state index contributed by atoms with van der Waals surface area (Å²) in [5.41, 5.74) is 4.58. The number of rotatable bonds is 3. The molecule has 1 nitrogen and oxygen atoms in total. The van der Waals surface area contributed by atoms with E-state index in [1.807, 2.05) is 26.8 Å². The Morgan fingerprint density at radius 2 is 1.74 bits per heavy atom. The van der Waals surface area contributed by atoms with Crippen molar-refractivity contribution in [2.24, 2.45) is 16.7 Å². The molecule has 0 amide bonds. The zero-order valence-corrected chi connectivity index (χ0v) is 16.7. The molecule has 1 fully saturated rings. The molecular weight excluding hydrogens is 280 g/mol. The first-order valence-electron chi connectivity index (χ1n) is 9.32. The number of phenols is 1. The minimum Gasteiger partial charge on any atom is -0.508 e. The van der Waals surface area contributed by atoms with Crippen molar-refractivity contribution in [3.63, 3.8) is 0 Å². The van der Waals surface area contributed by atoms with Crippen LogP contribution in [-0.4, -0.2) is 5.11 Å². The Morgan fingerprint density at radius 3 is 2.09 bits per heavy atom. The monoisotopic (exact) mass is 318 g/mol. The van der Waals surface area contributed by atoms with Crippen LogP contribution in [-0.2, 0) is 0 Å². The van der Waals surface area contributed by atoms with Crippen LogP contribution in [0.15, 0.2) is 12.1 Å². The minimum absolute atomic E-state index is 0.392. The number of hydrogen-bond acceptors (Lipinski definition) is 1. The molecule has 1 saturated carbocycles. The Kier molecular flexibility index (Phi) is 6.74. The van der Waals surface area contributed by atoms with Crippen LogP contribution in [0.4, 0.5) is 0 Å². The summed E-state index contributed by atoms with van der Waals surface area (Å²) in [4.78, 5) is 0. The van der Waals surface area contributed by atoms with Gasteiger partial charge in [0.25, 0.3) is 0 Å². The molecule has 1 heteroatoms. The highest BCUT2D eigenvalue weighted by Crippen LogP contribution is 2.60. The summed E-state index contributed by atoms with van der Waals surface area (Å²) in [5, 5.41) is 9.22. The lowest BCUT2D eigenvalue weighted by Gasteiger charge is -2.57. The van der Waals surface area contributed by atoms with Gasteiger partial charge in [-0.25, -0.2) is 0 Å². The Balaban J connectivity index is 0.000000238. The van der Waals surface area contributed by atoms with Crippen molar-refractivity contribution >= 4 is 0 Å². The first-order chi connectivity index (χ1) is 10.6. The molecule has 2 atom stereocenters. The van der Waals surface area contributed by atoms with Gasteiger partial charge >= 0.3 is 0 Å². The van der Waals surface area contributed by atoms with Gasteiger partial charge < -0.3 is 5.11 Å². The van der Waals surface area contributed by atoms with E-state index < -0.39 is 0 Å². The molecular formula is C22H38O. The molecule has 0 radical (unpaired) electrons. The topological polar surface area (TPSA) is 20.2 Å². The van der Waals surface area contributed by atoms with Crippen molar-refractivity contribution in [2.45, 2.75) is 87.5 Å². The molecule has 0 heterocycles. The fourth-order valence-electron chi connectivity index (χ4n) is 4.08. The zero-order valence-electron chi connectivity index (χ0n) is 16.7. The van der Waals surface area contributed by atoms with E-state index in [1.54, 1.807) is 6.07 Å². The molecule has 1 aliphatic carbocycles. The van der Waals surface area contributed by atoms with Gasteiger partial charge in [0.2, 0.25) is 0 Å². The third kappa shape index (κ3) is 4.31. The molecule has 2 unspecified atom stereocenters. The Hall–Kier alpha value is -0.980. The predicted molar refractivity (Wildman–Crippen MR) is 102 cm³/mol. The third-order valence-electron chi connectivity index (χ3n) is 6.47. The maximum absolute atomic E-state index is 9.22. The molecule has 2 rings (SSSR count). The first kappa shape index (κ1) is 20.1. The lowest BCUT2D eigenvalue weighted by atomic mass is 9.48. The summed E-state index contributed by atoms with van der Waals surface area (Å²) in [5.74, 6) is 1.35.